The zero-order valence-corrected chi connectivity index (χ0v) is 11.5. The van der Waals surface area contributed by atoms with Gasteiger partial charge in [0.05, 0.1) is 5.56 Å². The minimum absolute atomic E-state index is 0.0207. The molecular formula is C15H12F3N3O. The van der Waals surface area contributed by atoms with Crippen LogP contribution in [0.25, 0.3) is 22.2 Å². The Hall–Kier alpha value is -2.70. The fourth-order valence-corrected chi connectivity index (χ4v) is 2.28. The molecule has 2 aromatic heterocycles. The van der Waals surface area contributed by atoms with Crippen LogP contribution >= 0.6 is 0 Å². The van der Waals surface area contributed by atoms with Crippen molar-refractivity contribution in [2.45, 2.75) is 12.8 Å². The van der Waals surface area contributed by atoms with Gasteiger partial charge in [0.25, 0.3) is 5.92 Å². The van der Waals surface area contributed by atoms with Crippen LogP contribution in [-0.4, -0.2) is 4.98 Å². The molecule has 3 aromatic rings. The summed E-state index contributed by atoms with van der Waals surface area (Å²) < 4.78 is 45.9. The van der Waals surface area contributed by atoms with Gasteiger partial charge in [-0.2, -0.15) is 0 Å². The molecular weight excluding hydrogens is 295 g/mol. The molecule has 4 nitrogen and oxygen atoms in total. The number of fused-ring (bicyclic) bond motifs is 1. The number of nitrogens with two attached hydrogens (primary N) is 2. The second kappa shape index (κ2) is 4.66. The van der Waals surface area contributed by atoms with Gasteiger partial charge in [-0.25, -0.2) is 13.2 Å². The Balaban J connectivity index is 2.27. The Morgan fingerprint density at radius 1 is 1.18 bits per heavy atom. The summed E-state index contributed by atoms with van der Waals surface area (Å²) in [6.45, 7) is 0.631. The van der Waals surface area contributed by atoms with Crippen LogP contribution in [0.15, 0.2) is 34.9 Å². The van der Waals surface area contributed by atoms with Crippen LogP contribution in [0.3, 0.4) is 0 Å². The third kappa shape index (κ3) is 2.14. The van der Waals surface area contributed by atoms with E-state index in [0.717, 1.165) is 12.1 Å². The van der Waals surface area contributed by atoms with E-state index >= 15 is 0 Å². The molecule has 0 spiro atoms. The average Bonchev–Trinajstić information content (AvgIpc) is 2.74. The summed E-state index contributed by atoms with van der Waals surface area (Å²) in [6.07, 6.45) is 1.45. The molecule has 0 unspecified atom stereocenters. The molecule has 1 aromatic carbocycles. The van der Waals surface area contributed by atoms with Gasteiger partial charge in [0.1, 0.15) is 17.2 Å². The molecule has 0 fully saturated rings. The number of rotatable bonds is 2. The number of nitrogen functional groups attached to an aromatic ring is 2. The summed E-state index contributed by atoms with van der Waals surface area (Å²) in [5, 5.41) is 0.525. The van der Waals surface area contributed by atoms with Gasteiger partial charge in [-0.15, -0.1) is 0 Å². The number of furan rings is 1. The van der Waals surface area contributed by atoms with Crippen LogP contribution < -0.4 is 11.5 Å². The molecule has 0 amide bonds. The van der Waals surface area contributed by atoms with Crippen LogP contribution in [-0.2, 0) is 5.92 Å². The fraction of sp³-hybridized carbons (Fsp3) is 0.133. The standard InChI is InChI=1S/C15H12F3N3O/c1-15(17,18)9-6-7(2-3-10(9)16)12-13-8(4-5-21-12)11(19)14(20)22-13/h2-6H,19-20H2,1H3. The minimum atomic E-state index is -3.31. The van der Waals surface area contributed by atoms with Crippen molar-refractivity contribution in [3.63, 3.8) is 0 Å². The van der Waals surface area contributed by atoms with E-state index in [-0.39, 0.29) is 28.4 Å². The van der Waals surface area contributed by atoms with Crippen LogP contribution in [0.5, 0.6) is 0 Å². The van der Waals surface area contributed by atoms with Crippen molar-refractivity contribution in [2.75, 3.05) is 11.5 Å². The molecule has 0 aliphatic heterocycles. The lowest BCUT2D eigenvalue weighted by Gasteiger charge is -2.13. The molecule has 0 aliphatic rings. The van der Waals surface area contributed by atoms with Crippen molar-refractivity contribution in [1.29, 1.82) is 0 Å². The van der Waals surface area contributed by atoms with Crippen molar-refractivity contribution in [3.8, 4) is 11.3 Å². The van der Waals surface area contributed by atoms with E-state index in [1.807, 2.05) is 0 Å². The SMILES string of the molecule is CC(F)(F)c1cc(-c2nccc3c(N)c(N)oc23)ccc1F. The van der Waals surface area contributed by atoms with Crippen molar-refractivity contribution in [2.24, 2.45) is 0 Å². The van der Waals surface area contributed by atoms with Crippen molar-refractivity contribution in [3.05, 3.63) is 41.8 Å². The molecule has 4 N–H and O–H groups in total. The van der Waals surface area contributed by atoms with E-state index in [1.165, 1.54) is 12.3 Å². The number of hydrogen-bond donors (Lipinski definition) is 2. The topological polar surface area (TPSA) is 78.1 Å². The quantitative estimate of drug-likeness (QED) is 0.752. The first-order chi connectivity index (χ1) is 10.3. The lowest BCUT2D eigenvalue weighted by Crippen LogP contribution is -2.10. The smallest absolute Gasteiger partial charge is 0.273 e. The Bertz CT molecular complexity index is 868. The first-order valence-electron chi connectivity index (χ1n) is 6.39. The maximum absolute atomic E-state index is 13.6. The van der Waals surface area contributed by atoms with Gasteiger partial charge in [-0.1, -0.05) is 0 Å². The van der Waals surface area contributed by atoms with Gasteiger partial charge in [0, 0.05) is 24.1 Å². The summed E-state index contributed by atoms with van der Waals surface area (Å²) in [4.78, 5) is 4.11. The van der Waals surface area contributed by atoms with Crippen LogP contribution in [0.2, 0.25) is 0 Å². The number of alkyl halides is 2. The summed E-state index contributed by atoms with van der Waals surface area (Å²) in [5.41, 5.74) is 11.8. The van der Waals surface area contributed by atoms with E-state index in [4.69, 9.17) is 15.9 Å². The highest BCUT2D eigenvalue weighted by Crippen LogP contribution is 2.37. The second-order valence-corrected chi connectivity index (χ2v) is 5.00. The first-order valence-corrected chi connectivity index (χ1v) is 6.39. The average molecular weight is 307 g/mol. The molecule has 22 heavy (non-hydrogen) atoms. The molecule has 0 radical (unpaired) electrons. The number of pyridine rings is 1. The predicted molar refractivity (Wildman–Crippen MR) is 77.8 cm³/mol. The molecule has 2 heterocycles. The first kappa shape index (κ1) is 14.2. The van der Waals surface area contributed by atoms with Crippen LogP contribution in [0.1, 0.15) is 12.5 Å². The monoisotopic (exact) mass is 307 g/mol. The summed E-state index contributed by atoms with van der Waals surface area (Å²) in [5.74, 6) is -4.27. The van der Waals surface area contributed by atoms with Crippen molar-refractivity contribution >= 4 is 22.5 Å². The molecule has 3 rings (SSSR count). The Labute approximate surface area is 123 Å². The second-order valence-electron chi connectivity index (χ2n) is 5.00. The largest absolute Gasteiger partial charge is 0.436 e. The van der Waals surface area contributed by atoms with Crippen LogP contribution in [0.4, 0.5) is 24.7 Å². The minimum Gasteiger partial charge on any atom is -0.436 e. The van der Waals surface area contributed by atoms with E-state index in [0.29, 0.717) is 12.3 Å². The fourth-order valence-electron chi connectivity index (χ4n) is 2.28. The number of hydrogen-bond acceptors (Lipinski definition) is 4. The summed E-state index contributed by atoms with van der Waals surface area (Å²) >= 11 is 0. The maximum Gasteiger partial charge on any atom is 0.273 e. The molecule has 0 bridgehead atoms. The number of benzene rings is 1. The molecule has 7 heteroatoms. The number of anilines is 2. The number of halogens is 3. The van der Waals surface area contributed by atoms with E-state index < -0.39 is 17.3 Å². The Morgan fingerprint density at radius 2 is 1.91 bits per heavy atom. The Morgan fingerprint density at radius 3 is 2.59 bits per heavy atom. The van der Waals surface area contributed by atoms with Crippen LogP contribution in [0, 0.1) is 5.82 Å². The molecule has 0 saturated heterocycles. The summed E-state index contributed by atoms with van der Waals surface area (Å²) in [6, 6.07) is 4.97. The van der Waals surface area contributed by atoms with Gasteiger partial charge >= 0.3 is 0 Å². The third-order valence-corrected chi connectivity index (χ3v) is 3.38. The zero-order chi connectivity index (χ0) is 16.1. The number of aromatic nitrogens is 1. The zero-order valence-electron chi connectivity index (χ0n) is 11.5. The lowest BCUT2D eigenvalue weighted by molar-refractivity contribution is 0.0138. The predicted octanol–water partition coefficient (Wildman–Crippen LogP) is 3.91. The van der Waals surface area contributed by atoms with E-state index in [9.17, 15) is 13.2 Å². The molecule has 114 valence electrons. The van der Waals surface area contributed by atoms with Gasteiger partial charge in [0.2, 0.25) is 5.88 Å². The summed E-state index contributed by atoms with van der Waals surface area (Å²) in [7, 11) is 0. The van der Waals surface area contributed by atoms with E-state index in [2.05, 4.69) is 4.98 Å². The van der Waals surface area contributed by atoms with Gasteiger partial charge < -0.3 is 15.9 Å². The highest BCUT2D eigenvalue weighted by molar-refractivity contribution is 6.01. The van der Waals surface area contributed by atoms with Crippen molar-refractivity contribution in [1.82, 2.24) is 4.98 Å². The lowest BCUT2D eigenvalue weighted by atomic mass is 10.0. The normalized spacial score (nSPS) is 12.0. The highest BCUT2D eigenvalue weighted by Gasteiger charge is 2.29. The maximum atomic E-state index is 13.6. The van der Waals surface area contributed by atoms with Crippen molar-refractivity contribution < 1.29 is 17.6 Å². The number of nitrogens with zero attached hydrogens (tertiary/aromatic N) is 1. The highest BCUT2D eigenvalue weighted by atomic mass is 19.3. The van der Waals surface area contributed by atoms with Gasteiger partial charge in [0.15, 0.2) is 5.58 Å². The molecule has 0 saturated carbocycles. The Kier molecular flexibility index (Phi) is 3.01. The molecule has 0 atom stereocenters. The van der Waals surface area contributed by atoms with Gasteiger partial charge in [-0.3, -0.25) is 4.98 Å². The van der Waals surface area contributed by atoms with E-state index in [1.54, 1.807) is 6.07 Å². The third-order valence-electron chi connectivity index (χ3n) is 3.38. The van der Waals surface area contributed by atoms with Gasteiger partial charge in [-0.05, 0) is 24.3 Å². The molecule has 0 aliphatic carbocycles.